The third kappa shape index (κ3) is 4.30. The monoisotopic (exact) mass is 465 g/mol. The number of carbonyl (C=O) groups excluding carboxylic acids is 1. The molecule has 34 heavy (non-hydrogen) atoms. The summed E-state index contributed by atoms with van der Waals surface area (Å²) in [6.45, 7) is 2.94. The van der Waals surface area contributed by atoms with Crippen LogP contribution in [0.2, 0.25) is 0 Å². The highest BCUT2D eigenvalue weighted by Crippen LogP contribution is 2.23. The van der Waals surface area contributed by atoms with Crippen LogP contribution in [0.4, 0.5) is 17.2 Å². The summed E-state index contributed by atoms with van der Waals surface area (Å²) in [5.74, 6) is -0.0291. The predicted molar refractivity (Wildman–Crippen MR) is 120 cm³/mol. The number of nitro groups is 2. The number of nitrogens with zero attached hydrogens (tertiary/aromatic N) is 7. The van der Waals surface area contributed by atoms with Crippen LogP contribution in [-0.2, 0) is 0 Å². The second-order valence-corrected chi connectivity index (χ2v) is 7.57. The molecule has 0 atom stereocenters. The third-order valence-corrected chi connectivity index (χ3v) is 5.45. The molecule has 0 radical (unpaired) electrons. The lowest BCUT2D eigenvalue weighted by atomic mass is 10.2. The first-order valence-corrected chi connectivity index (χ1v) is 10.3. The van der Waals surface area contributed by atoms with Gasteiger partial charge in [-0.15, -0.1) is 0 Å². The van der Waals surface area contributed by atoms with E-state index in [9.17, 15) is 29.8 Å². The molecule has 174 valence electrons. The Morgan fingerprint density at radius 2 is 1.71 bits per heavy atom. The molecular formula is C21H19N7O6. The van der Waals surface area contributed by atoms with Crippen LogP contribution in [0.15, 0.2) is 53.5 Å². The number of piperazine rings is 1. The summed E-state index contributed by atoms with van der Waals surface area (Å²) in [6, 6.07) is 10.1. The van der Waals surface area contributed by atoms with E-state index in [4.69, 9.17) is 0 Å². The molecule has 1 amide bonds. The summed E-state index contributed by atoms with van der Waals surface area (Å²) in [5.41, 5.74) is -0.720. The van der Waals surface area contributed by atoms with Gasteiger partial charge in [-0.25, -0.2) is 9.67 Å². The number of hydrogen-bond donors (Lipinski definition) is 0. The minimum Gasteiger partial charge on any atom is -0.353 e. The molecule has 0 N–H and O–H groups in total. The van der Waals surface area contributed by atoms with Gasteiger partial charge in [-0.1, -0.05) is 12.1 Å². The molecule has 3 aromatic rings. The lowest BCUT2D eigenvalue weighted by Gasteiger charge is -2.35. The molecule has 1 saturated heterocycles. The van der Waals surface area contributed by atoms with Crippen LogP contribution in [0.5, 0.6) is 0 Å². The normalized spacial score (nSPS) is 13.6. The zero-order chi connectivity index (χ0) is 24.4. The largest absolute Gasteiger partial charge is 0.353 e. The maximum Gasteiger partial charge on any atom is 0.294 e. The Labute approximate surface area is 192 Å². The van der Waals surface area contributed by atoms with Gasteiger partial charge < -0.3 is 9.80 Å². The minimum absolute atomic E-state index is 0.113. The Bertz CT molecular complexity index is 1330. The topological polar surface area (TPSA) is 158 Å². The van der Waals surface area contributed by atoms with Crippen molar-refractivity contribution in [2.24, 2.45) is 0 Å². The van der Waals surface area contributed by atoms with Gasteiger partial charge in [0.25, 0.3) is 17.3 Å². The number of carbonyl (C=O) groups is 1. The molecule has 1 aliphatic rings. The first kappa shape index (κ1) is 22.5. The number of anilines is 1. The molecule has 0 aliphatic carbocycles. The molecule has 1 aromatic carbocycles. The molecule has 0 saturated carbocycles. The van der Waals surface area contributed by atoms with E-state index < -0.39 is 21.2 Å². The van der Waals surface area contributed by atoms with Gasteiger partial charge in [-0.2, -0.15) is 5.10 Å². The highest BCUT2D eigenvalue weighted by atomic mass is 16.6. The number of para-hydroxylation sites is 2. The van der Waals surface area contributed by atoms with Crippen molar-refractivity contribution in [2.75, 3.05) is 31.1 Å². The number of benzene rings is 1. The summed E-state index contributed by atoms with van der Waals surface area (Å²) in [4.78, 5) is 54.3. The quantitative estimate of drug-likeness (QED) is 0.404. The van der Waals surface area contributed by atoms with E-state index >= 15 is 0 Å². The van der Waals surface area contributed by atoms with Gasteiger partial charge in [0.05, 0.1) is 9.85 Å². The zero-order valence-electron chi connectivity index (χ0n) is 18.0. The van der Waals surface area contributed by atoms with Gasteiger partial charge >= 0.3 is 0 Å². The van der Waals surface area contributed by atoms with E-state index in [1.54, 1.807) is 19.1 Å². The van der Waals surface area contributed by atoms with E-state index in [-0.39, 0.29) is 35.8 Å². The maximum atomic E-state index is 13.1. The summed E-state index contributed by atoms with van der Waals surface area (Å²) in [5, 5.41) is 26.4. The first-order chi connectivity index (χ1) is 16.3. The van der Waals surface area contributed by atoms with Gasteiger partial charge in [-0.05, 0) is 19.1 Å². The SMILES string of the molecule is Cc1cc(=O)c(C(=O)N2CCN(c3ccc([N+](=O)[O-])cn3)CC2)nn1-c1ccccc1[N+](=O)[O-]. The van der Waals surface area contributed by atoms with Crippen LogP contribution in [-0.4, -0.2) is 61.6 Å². The van der Waals surface area contributed by atoms with Crippen LogP contribution in [0.3, 0.4) is 0 Å². The summed E-state index contributed by atoms with van der Waals surface area (Å²) >= 11 is 0. The van der Waals surface area contributed by atoms with Gasteiger partial charge in [0.1, 0.15) is 17.7 Å². The average Bonchev–Trinajstić information content (AvgIpc) is 2.84. The summed E-state index contributed by atoms with van der Waals surface area (Å²) < 4.78 is 1.23. The first-order valence-electron chi connectivity index (χ1n) is 10.3. The lowest BCUT2D eigenvalue weighted by molar-refractivity contribution is -0.385. The molecule has 1 aliphatic heterocycles. The van der Waals surface area contributed by atoms with E-state index in [1.165, 1.54) is 46.1 Å². The summed E-state index contributed by atoms with van der Waals surface area (Å²) in [6.07, 6.45) is 1.17. The fraction of sp³-hybridized carbons (Fsp3) is 0.238. The van der Waals surface area contributed by atoms with E-state index in [2.05, 4.69) is 10.1 Å². The number of hydrogen-bond acceptors (Lipinski definition) is 9. The Hall–Kier alpha value is -4.68. The van der Waals surface area contributed by atoms with E-state index in [1.807, 2.05) is 4.90 Å². The molecule has 0 unspecified atom stereocenters. The number of pyridine rings is 1. The Kier molecular flexibility index (Phi) is 5.99. The zero-order valence-corrected chi connectivity index (χ0v) is 18.0. The number of rotatable bonds is 5. The fourth-order valence-corrected chi connectivity index (χ4v) is 3.70. The Morgan fingerprint density at radius 1 is 1.00 bits per heavy atom. The summed E-state index contributed by atoms with van der Waals surface area (Å²) in [7, 11) is 0. The van der Waals surface area contributed by atoms with Crippen molar-refractivity contribution in [1.29, 1.82) is 0 Å². The third-order valence-electron chi connectivity index (χ3n) is 5.45. The van der Waals surface area contributed by atoms with Gasteiger partial charge in [0, 0.05) is 50.1 Å². The Balaban J connectivity index is 1.55. The van der Waals surface area contributed by atoms with Gasteiger partial charge in [0.15, 0.2) is 5.69 Å². The van der Waals surface area contributed by atoms with Crippen molar-refractivity contribution >= 4 is 23.1 Å². The minimum atomic E-state index is -0.575. The number of aryl methyl sites for hydroxylation is 1. The van der Waals surface area contributed by atoms with Gasteiger partial charge in [0.2, 0.25) is 5.43 Å². The fourth-order valence-electron chi connectivity index (χ4n) is 3.70. The highest BCUT2D eigenvalue weighted by Gasteiger charge is 2.27. The number of nitro benzene ring substituents is 1. The molecule has 1 fully saturated rings. The molecule has 13 heteroatoms. The number of aromatic nitrogens is 3. The van der Waals surface area contributed by atoms with Crippen molar-refractivity contribution in [3.05, 3.63) is 90.5 Å². The molecule has 2 aromatic heterocycles. The highest BCUT2D eigenvalue weighted by molar-refractivity contribution is 5.92. The van der Waals surface area contributed by atoms with E-state index in [0.717, 1.165) is 0 Å². The molecular weight excluding hydrogens is 446 g/mol. The lowest BCUT2D eigenvalue weighted by Crippen LogP contribution is -2.50. The van der Waals surface area contributed by atoms with Crippen LogP contribution < -0.4 is 10.3 Å². The second kappa shape index (κ2) is 9.05. The smallest absolute Gasteiger partial charge is 0.294 e. The molecule has 4 rings (SSSR count). The molecule has 13 nitrogen and oxygen atoms in total. The average molecular weight is 465 g/mol. The van der Waals surface area contributed by atoms with Crippen molar-refractivity contribution in [3.63, 3.8) is 0 Å². The second-order valence-electron chi connectivity index (χ2n) is 7.57. The van der Waals surface area contributed by atoms with Crippen LogP contribution in [0.1, 0.15) is 16.2 Å². The molecule has 0 bridgehead atoms. The van der Waals surface area contributed by atoms with Crippen molar-refractivity contribution in [3.8, 4) is 5.69 Å². The molecule has 3 heterocycles. The predicted octanol–water partition coefficient (Wildman–Crippen LogP) is 1.71. The Morgan fingerprint density at radius 3 is 2.32 bits per heavy atom. The van der Waals surface area contributed by atoms with Crippen LogP contribution >= 0.6 is 0 Å². The number of amides is 1. The van der Waals surface area contributed by atoms with E-state index in [0.29, 0.717) is 24.6 Å². The molecule has 0 spiro atoms. The van der Waals surface area contributed by atoms with Crippen molar-refractivity contribution in [1.82, 2.24) is 19.7 Å². The van der Waals surface area contributed by atoms with Crippen molar-refractivity contribution < 1.29 is 14.6 Å². The standard InChI is InChI=1S/C21H19N7O6/c1-14-12-18(29)20(23-26(14)16-4-2-3-5-17(16)28(33)34)21(30)25-10-8-24(9-11-25)19-7-6-15(13-22-19)27(31)32/h2-7,12-13H,8-11H2,1H3. The maximum absolute atomic E-state index is 13.1. The van der Waals surface area contributed by atoms with Crippen molar-refractivity contribution in [2.45, 2.75) is 6.92 Å². The van der Waals surface area contributed by atoms with Crippen LogP contribution in [0, 0.1) is 27.2 Å². The van der Waals surface area contributed by atoms with Crippen LogP contribution in [0.25, 0.3) is 5.69 Å². The van der Waals surface area contributed by atoms with Gasteiger partial charge in [-0.3, -0.25) is 29.8 Å².